The molecule has 9 heteroatoms. The molecule has 1 heterocycles. The van der Waals surface area contributed by atoms with Crippen LogP contribution in [0.25, 0.3) is 0 Å². The van der Waals surface area contributed by atoms with E-state index in [0.717, 1.165) is 12.1 Å². The lowest BCUT2D eigenvalue weighted by Crippen LogP contribution is -2.20. The first kappa shape index (κ1) is 19.4. The zero-order valence-corrected chi connectivity index (χ0v) is 12.7. The molecule has 1 rings (SSSR count). The number of nitrogens with two attached hydrogens (primary N) is 1. The zero-order chi connectivity index (χ0) is 18.3. The SMILES string of the molecule is C=C(/C=C(\C=C/C)C(=O)NO)Oc1cc(CN)cc(C(F)(F)F)n1. The summed E-state index contributed by atoms with van der Waals surface area (Å²) in [6, 6.07) is 2.05. The molecular weight excluding hydrogens is 327 g/mol. The van der Waals surface area contributed by atoms with Crippen molar-refractivity contribution in [3.63, 3.8) is 0 Å². The number of carbonyl (C=O) groups is 1. The quantitative estimate of drug-likeness (QED) is 0.242. The van der Waals surface area contributed by atoms with Crippen LogP contribution in [0.2, 0.25) is 0 Å². The van der Waals surface area contributed by atoms with E-state index in [9.17, 15) is 18.0 Å². The maximum absolute atomic E-state index is 12.8. The average Bonchev–Trinajstić information content (AvgIpc) is 2.52. The van der Waals surface area contributed by atoms with Crippen LogP contribution in [0.5, 0.6) is 5.88 Å². The first-order chi connectivity index (χ1) is 11.2. The predicted molar refractivity (Wildman–Crippen MR) is 79.7 cm³/mol. The van der Waals surface area contributed by atoms with E-state index in [1.54, 1.807) is 6.92 Å². The van der Waals surface area contributed by atoms with Crippen LogP contribution in [-0.2, 0) is 17.5 Å². The molecule has 0 aromatic carbocycles. The van der Waals surface area contributed by atoms with Crippen molar-refractivity contribution in [1.29, 1.82) is 0 Å². The summed E-state index contributed by atoms with van der Waals surface area (Å²) in [6.07, 6.45) is -0.655. The van der Waals surface area contributed by atoms with E-state index in [1.165, 1.54) is 23.7 Å². The Balaban J connectivity index is 3.11. The van der Waals surface area contributed by atoms with Crippen molar-refractivity contribution >= 4 is 5.91 Å². The minimum atomic E-state index is -4.66. The Morgan fingerprint density at radius 3 is 2.67 bits per heavy atom. The van der Waals surface area contributed by atoms with Gasteiger partial charge in [0.15, 0.2) is 0 Å². The Labute approximate surface area is 136 Å². The first-order valence-electron chi connectivity index (χ1n) is 6.65. The van der Waals surface area contributed by atoms with Gasteiger partial charge in [-0.05, 0) is 24.6 Å². The number of ether oxygens (including phenoxy) is 1. The summed E-state index contributed by atoms with van der Waals surface area (Å²) in [4.78, 5) is 14.8. The molecule has 1 aromatic rings. The third-order valence-corrected chi connectivity index (χ3v) is 2.65. The summed E-state index contributed by atoms with van der Waals surface area (Å²) in [6.45, 7) is 4.98. The third-order valence-electron chi connectivity index (χ3n) is 2.65. The van der Waals surface area contributed by atoms with E-state index in [2.05, 4.69) is 11.6 Å². The smallest absolute Gasteiger partial charge is 0.433 e. The van der Waals surface area contributed by atoms with Crippen molar-refractivity contribution in [2.24, 2.45) is 5.73 Å². The monoisotopic (exact) mass is 343 g/mol. The van der Waals surface area contributed by atoms with Crippen LogP contribution in [0.4, 0.5) is 13.2 Å². The van der Waals surface area contributed by atoms with E-state index < -0.39 is 17.8 Å². The summed E-state index contributed by atoms with van der Waals surface area (Å²) < 4.78 is 43.5. The van der Waals surface area contributed by atoms with E-state index in [0.29, 0.717) is 0 Å². The minimum absolute atomic E-state index is 0.0176. The van der Waals surface area contributed by atoms with Crippen molar-refractivity contribution < 1.29 is 27.9 Å². The molecule has 0 bridgehead atoms. The maximum Gasteiger partial charge on any atom is 0.433 e. The highest BCUT2D eigenvalue weighted by molar-refractivity contribution is 5.95. The lowest BCUT2D eigenvalue weighted by molar-refractivity contribution is -0.141. The Hall–Kier alpha value is -2.65. The van der Waals surface area contributed by atoms with E-state index in [4.69, 9.17) is 15.7 Å². The topological polar surface area (TPSA) is 97.5 Å². The average molecular weight is 343 g/mol. The molecular formula is C15H16F3N3O3. The van der Waals surface area contributed by atoms with Crippen molar-refractivity contribution in [3.8, 4) is 5.88 Å². The number of nitrogens with zero attached hydrogens (tertiary/aromatic N) is 1. The summed E-state index contributed by atoms with van der Waals surface area (Å²) in [5.41, 5.74) is 5.80. The van der Waals surface area contributed by atoms with Gasteiger partial charge in [0.1, 0.15) is 11.5 Å². The summed E-state index contributed by atoms with van der Waals surface area (Å²) in [5.74, 6) is -1.35. The highest BCUT2D eigenvalue weighted by atomic mass is 19.4. The molecule has 0 radical (unpaired) electrons. The van der Waals surface area contributed by atoms with E-state index in [1.807, 2.05) is 0 Å². The number of alkyl halides is 3. The number of hydroxylamine groups is 1. The van der Waals surface area contributed by atoms with Gasteiger partial charge >= 0.3 is 6.18 Å². The highest BCUT2D eigenvalue weighted by Crippen LogP contribution is 2.30. The molecule has 0 fully saturated rings. The maximum atomic E-state index is 12.8. The summed E-state index contributed by atoms with van der Waals surface area (Å²) in [5, 5.41) is 8.63. The second-order valence-corrected chi connectivity index (χ2v) is 4.51. The number of allylic oxidation sites excluding steroid dienone is 2. The molecule has 0 saturated carbocycles. The molecule has 0 atom stereocenters. The van der Waals surface area contributed by atoms with Crippen LogP contribution in [-0.4, -0.2) is 16.1 Å². The normalized spacial score (nSPS) is 12.3. The number of amides is 1. The van der Waals surface area contributed by atoms with Gasteiger partial charge in [-0.2, -0.15) is 13.2 Å². The standard InChI is InChI=1S/C15H16F3N3O3/c1-3-4-11(14(22)21-23)5-9(2)24-13-7-10(8-19)6-12(20-13)15(16,17)18/h3-7,23H,2,8,19H2,1H3,(H,21,22)/b4-3-,11-5+. The zero-order valence-electron chi connectivity index (χ0n) is 12.7. The fourth-order valence-electron chi connectivity index (χ4n) is 1.65. The van der Waals surface area contributed by atoms with Crippen LogP contribution in [0, 0.1) is 0 Å². The van der Waals surface area contributed by atoms with Gasteiger partial charge in [-0.25, -0.2) is 10.5 Å². The van der Waals surface area contributed by atoms with Crippen molar-refractivity contribution in [3.05, 3.63) is 59.5 Å². The number of pyridine rings is 1. The number of hydrogen-bond acceptors (Lipinski definition) is 5. The molecule has 6 nitrogen and oxygen atoms in total. The van der Waals surface area contributed by atoms with E-state index >= 15 is 0 Å². The predicted octanol–water partition coefficient (Wildman–Crippen LogP) is 2.46. The second kappa shape index (κ2) is 8.27. The molecule has 0 spiro atoms. The van der Waals surface area contributed by atoms with Gasteiger partial charge in [-0.3, -0.25) is 10.0 Å². The summed E-state index contributed by atoms with van der Waals surface area (Å²) >= 11 is 0. The molecule has 1 amide bonds. The third kappa shape index (κ3) is 5.52. The molecule has 0 unspecified atom stereocenters. The van der Waals surface area contributed by atoms with E-state index in [-0.39, 0.29) is 29.3 Å². The van der Waals surface area contributed by atoms with Gasteiger partial charge in [-0.15, -0.1) is 0 Å². The first-order valence-corrected chi connectivity index (χ1v) is 6.65. The number of carbonyl (C=O) groups excluding carboxylic acids is 1. The van der Waals surface area contributed by atoms with Crippen LogP contribution >= 0.6 is 0 Å². The number of nitrogens with one attached hydrogen (secondary N) is 1. The molecule has 0 saturated heterocycles. The largest absolute Gasteiger partial charge is 0.440 e. The second-order valence-electron chi connectivity index (χ2n) is 4.51. The van der Waals surface area contributed by atoms with Gasteiger partial charge in [0.2, 0.25) is 5.88 Å². The van der Waals surface area contributed by atoms with Gasteiger partial charge < -0.3 is 10.5 Å². The van der Waals surface area contributed by atoms with Crippen LogP contribution < -0.4 is 16.0 Å². The number of rotatable bonds is 6. The lowest BCUT2D eigenvalue weighted by atomic mass is 10.2. The Morgan fingerprint density at radius 1 is 1.50 bits per heavy atom. The van der Waals surface area contributed by atoms with Crippen LogP contribution in [0.1, 0.15) is 18.2 Å². The van der Waals surface area contributed by atoms with Crippen molar-refractivity contribution in [2.75, 3.05) is 0 Å². The molecule has 130 valence electrons. The van der Waals surface area contributed by atoms with Gasteiger partial charge in [0.05, 0.1) is 0 Å². The number of halogens is 3. The summed E-state index contributed by atoms with van der Waals surface area (Å²) in [7, 11) is 0. The lowest BCUT2D eigenvalue weighted by Gasteiger charge is -2.11. The van der Waals surface area contributed by atoms with Gasteiger partial charge in [0, 0.05) is 18.2 Å². The van der Waals surface area contributed by atoms with Crippen LogP contribution in [0.3, 0.4) is 0 Å². The fourth-order valence-corrected chi connectivity index (χ4v) is 1.65. The van der Waals surface area contributed by atoms with Crippen LogP contribution in [0.15, 0.2) is 48.3 Å². The molecule has 1 aromatic heterocycles. The fraction of sp³-hybridized carbons (Fsp3) is 0.200. The highest BCUT2D eigenvalue weighted by Gasteiger charge is 2.33. The van der Waals surface area contributed by atoms with Gasteiger partial charge in [0.25, 0.3) is 5.91 Å². The van der Waals surface area contributed by atoms with Gasteiger partial charge in [-0.1, -0.05) is 18.7 Å². The number of hydrogen-bond donors (Lipinski definition) is 3. The molecule has 0 aliphatic carbocycles. The molecule has 0 aliphatic rings. The Morgan fingerprint density at radius 2 is 2.17 bits per heavy atom. The van der Waals surface area contributed by atoms with Crippen molar-refractivity contribution in [1.82, 2.24) is 10.5 Å². The minimum Gasteiger partial charge on any atom is -0.440 e. The Kier molecular flexibility index (Phi) is 6.69. The molecule has 24 heavy (non-hydrogen) atoms. The molecule has 0 aliphatic heterocycles. The number of aromatic nitrogens is 1. The Bertz CT molecular complexity index is 682. The molecule has 4 N–H and O–H groups in total. The van der Waals surface area contributed by atoms with Crippen molar-refractivity contribution in [2.45, 2.75) is 19.6 Å².